The summed E-state index contributed by atoms with van der Waals surface area (Å²) in [5.74, 6) is -1.70. The van der Waals surface area contributed by atoms with E-state index in [1.807, 2.05) is 6.92 Å². The Morgan fingerprint density at radius 2 is 2.07 bits per heavy atom. The Balaban J connectivity index is 1.49. The monoisotopic (exact) mass is 419 g/mol. The van der Waals surface area contributed by atoms with E-state index in [0.717, 1.165) is 17.8 Å². The summed E-state index contributed by atoms with van der Waals surface area (Å²) < 4.78 is 33.7. The molecule has 5 nitrogen and oxygen atoms in total. The van der Waals surface area contributed by atoms with Gasteiger partial charge in [0.05, 0.1) is 10.7 Å². The number of hydrogen-bond acceptors (Lipinski definition) is 3. The number of carbonyl (C=O) groups is 1. The molecule has 0 unspecified atom stereocenters. The van der Waals surface area contributed by atoms with E-state index in [1.165, 1.54) is 6.07 Å². The molecule has 0 saturated heterocycles. The highest BCUT2D eigenvalue weighted by Crippen LogP contribution is 2.19. The first-order valence-electron chi connectivity index (χ1n) is 9.07. The van der Waals surface area contributed by atoms with Crippen LogP contribution < -0.4 is 10.1 Å². The maximum absolute atomic E-state index is 13.6. The Morgan fingerprint density at radius 1 is 1.24 bits per heavy atom. The maximum atomic E-state index is 13.6. The number of benzene rings is 2. The molecule has 0 fully saturated rings. The van der Waals surface area contributed by atoms with E-state index < -0.39 is 11.6 Å². The zero-order chi connectivity index (χ0) is 20.8. The van der Waals surface area contributed by atoms with Crippen LogP contribution in [0.5, 0.6) is 5.75 Å². The van der Waals surface area contributed by atoms with Crippen molar-refractivity contribution in [3.8, 4) is 5.75 Å². The summed E-state index contributed by atoms with van der Waals surface area (Å²) in [6.45, 7) is 3.02. The molecule has 2 aromatic carbocycles. The maximum Gasteiger partial charge on any atom is 0.251 e. The van der Waals surface area contributed by atoms with Gasteiger partial charge in [0.25, 0.3) is 5.91 Å². The van der Waals surface area contributed by atoms with Crippen molar-refractivity contribution >= 4 is 17.5 Å². The smallest absolute Gasteiger partial charge is 0.251 e. The van der Waals surface area contributed by atoms with Crippen molar-refractivity contribution in [1.82, 2.24) is 15.1 Å². The largest absolute Gasteiger partial charge is 0.486 e. The van der Waals surface area contributed by atoms with Crippen molar-refractivity contribution in [2.24, 2.45) is 0 Å². The van der Waals surface area contributed by atoms with Gasteiger partial charge in [-0.2, -0.15) is 5.10 Å². The molecule has 0 radical (unpaired) electrons. The van der Waals surface area contributed by atoms with E-state index in [1.54, 1.807) is 35.1 Å². The lowest BCUT2D eigenvalue weighted by atomic mass is 10.1. The third-order valence-corrected chi connectivity index (χ3v) is 4.58. The minimum absolute atomic E-state index is 0.0461. The summed E-state index contributed by atoms with van der Waals surface area (Å²) in [4.78, 5) is 12.3. The molecular formula is C21H20ClF2N3O2. The summed E-state index contributed by atoms with van der Waals surface area (Å²) in [6.07, 6.45) is 2.46. The first-order valence-corrected chi connectivity index (χ1v) is 9.45. The third kappa shape index (κ3) is 5.77. The van der Waals surface area contributed by atoms with E-state index in [-0.39, 0.29) is 18.3 Å². The number of nitrogens with one attached hydrogen (secondary N) is 1. The van der Waals surface area contributed by atoms with Gasteiger partial charge in [-0.05, 0) is 43.2 Å². The average Bonchev–Trinajstić information content (AvgIpc) is 3.02. The van der Waals surface area contributed by atoms with Crippen LogP contribution in [-0.2, 0) is 13.2 Å². The molecule has 1 amide bonds. The second kappa shape index (κ2) is 9.52. The molecule has 0 saturated carbocycles. The van der Waals surface area contributed by atoms with E-state index in [0.29, 0.717) is 35.7 Å². The van der Waals surface area contributed by atoms with Crippen LogP contribution in [0.3, 0.4) is 0 Å². The number of halogens is 3. The molecule has 152 valence electrons. The van der Waals surface area contributed by atoms with Crippen LogP contribution in [0.2, 0.25) is 5.02 Å². The molecule has 1 heterocycles. The van der Waals surface area contributed by atoms with Crippen molar-refractivity contribution < 1.29 is 18.3 Å². The number of carbonyl (C=O) groups excluding carboxylic acids is 1. The zero-order valence-electron chi connectivity index (χ0n) is 15.8. The summed E-state index contributed by atoms with van der Waals surface area (Å²) >= 11 is 5.97. The van der Waals surface area contributed by atoms with Crippen molar-refractivity contribution in [1.29, 1.82) is 0 Å². The van der Waals surface area contributed by atoms with Crippen LogP contribution in [0.15, 0.2) is 48.7 Å². The molecule has 0 aliphatic rings. The van der Waals surface area contributed by atoms with Gasteiger partial charge in [-0.15, -0.1) is 0 Å². The Morgan fingerprint density at radius 3 is 2.79 bits per heavy atom. The molecule has 0 aliphatic heterocycles. The molecule has 0 spiro atoms. The normalized spacial score (nSPS) is 10.8. The molecule has 29 heavy (non-hydrogen) atoms. The standard InChI is InChI=1S/C21H20ClF2N3O2/c1-14-18(22)12-27(26-14)9-3-8-25-21(28)16-5-2-4-15(10-16)13-29-20-7-6-17(23)11-19(20)24/h2,4-7,10-12H,3,8-9,13H2,1H3,(H,25,28). The summed E-state index contributed by atoms with van der Waals surface area (Å²) in [7, 11) is 0. The predicted octanol–water partition coefficient (Wildman–Crippen LogP) is 4.52. The number of amides is 1. The van der Waals surface area contributed by atoms with Crippen LogP contribution >= 0.6 is 11.6 Å². The highest BCUT2D eigenvalue weighted by Gasteiger charge is 2.09. The van der Waals surface area contributed by atoms with Crippen molar-refractivity contribution in [3.05, 3.63) is 82.1 Å². The summed E-state index contributed by atoms with van der Waals surface area (Å²) in [6, 6.07) is 9.97. The van der Waals surface area contributed by atoms with Crippen molar-refractivity contribution in [3.63, 3.8) is 0 Å². The number of hydrogen-bond donors (Lipinski definition) is 1. The number of aryl methyl sites for hydroxylation is 2. The van der Waals surface area contributed by atoms with Crippen molar-refractivity contribution in [2.45, 2.75) is 26.5 Å². The molecule has 0 bridgehead atoms. The quantitative estimate of drug-likeness (QED) is 0.546. The topological polar surface area (TPSA) is 56.2 Å². The first-order chi connectivity index (χ1) is 13.9. The molecule has 0 atom stereocenters. The van der Waals surface area contributed by atoms with Crippen molar-refractivity contribution in [2.75, 3.05) is 6.54 Å². The molecule has 1 aromatic heterocycles. The highest BCUT2D eigenvalue weighted by molar-refractivity contribution is 6.31. The predicted molar refractivity (Wildman–Crippen MR) is 106 cm³/mol. The lowest BCUT2D eigenvalue weighted by Crippen LogP contribution is -2.25. The van der Waals surface area contributed by atoms with Crippen LogP contribution in [0.1, 0.15) is 28.0 Å². The average molecular weight is 420 g/mol. The van der Waals surface area contributed by atoms with Crippen LogP contribution in [0.25, 0.3) is 0 Å². The number of rotatable bonds is 8. The molecule has 1 N–H and O–H groups in total. The van der Waals surface area contributed by atoms with E-state index in [9.17, 15) is 13.6 Å². The van der Waals surface area contributed by atoms with Gasteiger partial charge in [0.15, 0.2) is 11.6 Å². The Bertz CT molecular complexity index is 988. The van der Waals surface area contributed by atoms with E-state index in [2.05, 4.69) is 10.4 Å². The number of nitrogens with zero attached hydrogens (tertiary/aromatic N) is 2. The Hall–Kier alpha value is -2.93. The van der Waals surface area contributed by atoms with Gasteiger partial charge in [0.1, 0.15) is 12.4 Å². The minimum atomic E-state index is -0.771. The fourth-order valence-electron chi connectivity index (χ4n) is 2.71. The van der Waals surface area contributed by atoms with E-state index in [4.69, 9.17) is 16.3 Å². The van der Waals surface area contributed by atoms with Gasteiger partial charge in [-0.1, -0.05) is 23.7 Å². The first kappa shape index (κ1) is 20.8. The molecule has 8 heteroatoms. The van der Waals surface area contributed by atoms with E-state index >= 15 is 0 Å². The Labute approximate surface area is 172 Å². The molecule has 3 aromatic rings. The molecule has 0 aliphatic carbocycles. The summed E-state index contributed by atoms with van der Waals surface area (Å²) in [5, 5.41) is 7.73. The SMILES string of the molecule is Cc1nn(CCCNC(=O)c2cccc(COc3ccc(F)cc3F)c2)cc1Cl. The fraction of sp³-hybridized carbons (Fsp3) is 0.238. The van der Waals surface area contributed by atoms with Crippen LogP contribution in [-0.4, -0.2) is 22.2 Å². The minimum Gasteiger partial charge on any atom is -0.486 e. The third-order valence-electron chi connectivity index (χ3n) is 4.21. The Kier molecular flexibility index (Phi) is 6.82. The lowest BCUT2D eigenvalue weighted by molar-refractivity contribution is 0.0952. The van der Waals surface area contributed by atoms with Gasteiger partial charge < -0.3 is 10.1 Å². The molecular weight excluding hydrogens is 400 g/mol. The highest BCUT2D eigenvalue weighted by atomic mass is 35.5. The zero-order valence-corrected chi connectivity index (χ0v) is 16.5. The lowest BCUT2D eigenvalue weighted by Gasteiger charge is -2.09. The van der Waals surface area contributed by atoms with Gasteiger partial charge >= 0.3 is 0 Å². The number of ether oxygens (including phenoxy) is 1. The van der Waals surface area contributed by atoms with Gasteiger partial charge in [-0.25, -0.2) is 8.78 Å². The number of aromatic nitrogens is 2. The van der Waals surface area contributed by atoms with Crippen LogP contribution in [0.4, 0.5) is 8.78 Å². The van der Waals surface area contributed by atoms with Gasteiger partial charge in [0, 0.05) is 30.9 Å². The second-order valence-corrected chi connectivity index (χ2v) is 6.91. The van der Waals surface area contributed by atoms with Gasteiger partial charge in [0.2, 0.25) is 0 Å². The second-order valence-electron chi connectivity index (χ2n) is 6.50. The summed E-state index contributed by atoms with van der Waals surface area (Å²) in [5.41, 5.74) is 1.95. The molecule has 3 rings (SSSR count). The van der Waals surface area contributed by atoms with Crippen LogP contribution in [0, 0.1) is 18.6 Å². The fourth-order valence-corrected chi connectivity index (χ4v) is 2.86. The van der Waals surface area contributed by atoms with Gasteiger partial charge in [-0.3, -0.25) is 9.48 Å².